The summed E-state index contributed by atoms with van der Waals surface area (Å²) in [4.78, 5) is 88.5. The van der Waals surface area contributed by atoms with Gasteiger partial charge in [-0.15, -0.1) is 0 Å². The first-order valence-electron chi connectivity index (χ1n) is 24.8. The van der Waals surface area contributed by atoms with Gasteiger partial charge in [0.05, 0.1) is 32.3 Å². The van der Waals surface area contributed by atoms with Crippen molar-refractivity contribution in [2.45, 2.75) is 101 Å². The topological polar surface area (TPSA) is 234 Å². The van der Waals surface area contributed by atoms with E-state index < -0.39 is 77.2 Å². The fourth-order valence-electron chi connectivity index (χ4n) is 10.3. The van der Waals surface area contributed by atoms with Gasteiger partial charge in [-0.1, -0.05) is 12.1 Å². The van der Waals surface area contributed by atoms with Crippen LogP contribution in [-0.4, -0.2) is 134 Å². The Morgan fingerprint density at radius 1 is 0.946 bits per heavy atom. The van der Waals surface area contributed by atoms with Gasteiger partial charge in [0.15, 0.2) is 17.2 Å². The summed E-state index contributed by atoms with van der Waals surface area (Å²) < 4.78 is 94.8. The number of benzene rings is 1. The lowest BCUT2D eigenvalue weighted by atomic mass is 9.79. The largest absolute Gasteiger partial charge is 0.493 e. The predicted molar refractivity (Wildman–Crippen MR) is 255 cm³/mol. The summed E-state index contributed by atoms with van der Waals surface area (Å²) in [6.07, 6.45) is 1.53. The maximum Gasteiger partial charge on any atom is 0.417 e. The number of methoxy groups -OCH3 is 1. The number of carbonyl (C=O) groups is 6. The molecule has 1 aromatic carbocycles. The number of nitrogens with zero attached hydrogens (tertiary/aromatic N) is 4. The van der Waals surface area contributed by atoms with Crippen molar-refractivity contribution in [3.63, 3.8) is 0 Å². The Hall–Kier alpha value is -6.33. The Labute approximate surface area is 424 Å². The Morgan fingerprint density at radius 2 is 1.64 bits per heavy atom. The highest BCUT2D eigenvalue weighted by atomic mass is 19.4. The molecule has 4 heterocycles. The Bertz CT molecular complexity index is 2500. The van der Waals surface area contributed by atoms with E-state index in [-0.39, 0.29) is 79.3 Å². The van der Waals surface area contributed by atoms with Gasteiger partial charge in [0.2, 0.25) is 29.4 Å². The molecule has 2 aliphatic carbocycles. The maximum atomic E-state index is 14.9. The van der Waals surface area contributed by atoms with E-state index >= 15 is 0 Å². The zero-order valence-electron chi connectivity index (χ0n) is 41.5. The van der Waals surface area contributed by atoms with Crippen LogP contribution in [0, 0.1) is 35.3 Å². The van der Waals surface area contributed by atoms with Crippen LogP contribution in [0.2, 0.25) is 0 Å². The molecule has 4 aliphatic rings. The van der Waals surface area contributed by atoms with E-state index in [0.29, 0.717) is 57.1 Å². The molecule has 3 aromatic rings. The average Bonchev–Trinajstić information content (AvgIpc) is 3.89. The molecule has 4 fully saturated rings. The van der Waals surface area contributed by atoms with E-state index in [2.05, 4.69) is 25.9 Å². The van der Waals surface area contributed by atoms with Crippen LogP contribution in [0.1, 0.15) is 98.3 Å². The second-order valence-corrected chi connectivity index (χ2v) is 19.7. The molecule has 6 amide bonds. The number of likely N-dealkylation sites (tertiary alicyclic amines) is 1. The van der Waals surface area contributed by atoms with Crippen LogP contribution in [0.25, 0.3) is 0 Å². The summed E-state index contributed by atoms with van der Waals surface area (Å²) in [6.45, 7) is 2.25. The second-order valence-electron chi connectivity index (χ2n) is 19.7. The number of pyridine rings is 2. The summed E-state index contributed by atoms with van der Waals surface area (Å²) in [7, 11) is 2.71. The first kappa shape index (κ1) is 55.4. The van der Waals surface area contributed by atoms with E-state index in [1.54, 1.807) is 30.4 Å². The van der Waals surface area contributed by atoms with Crippen LogP contribution in [-0.2, 0) is 38.2 Å². The quantitative estimate of drug-likeness (QED) is 0.0795. The fourth-order valence-corrected chi connectivity index (χ4v) is 10.3. The number of ether oxygens (including phenoxy) is 4. The van der Waals surface area contributed by atoms with E-state index in [0.717, 1.165) is 68.5 Å². The summed E-state index contributed by atoms with van der Waals surface area (Å²) in [5.74, 6) is -8.09. The molecule has 402 valence electrons. The van der Waals surface area contributed by atoms with Crippen molar-refractivity contribution < 1.29 is 69.7 Å². The molecule has 2 aliphatic heterocycles. The van der Waals surface area contributed by atoms with Crippen molar-refractivity contribution in [2.75, 3.05) is 65.1 Å². The molecule has 2 aromatic heterocycles. The Balaban J connectivity index is 0.799. The van der Waals surface area contributed by atoms with Gasteiger partial charge in [0.25, 0.3) is 11.8 Å². The van der Waals surface area contributed by atoms with Crippen molar-refractivity contribution in [2.24, 2.45) is 29.4 Å². The van der Waals surface area contributed by atoms with Gasteiger partial charge in [-0.05, 0) is 93.5 Å². The number of aromatic nitrogens is 2. The zero-order chi connectivity index (χ0) is 53.3. The molecule has 0 spiro atoms. The van der Waals surface area contributed by atoms with Gasteiger partial charge in [0, 0.05) is 100 Å². The number of carbonyl (C=O) groups excluding carboxylic acids is 6. The lowest BCUT2D eigenvalue weighted by Crippen LogP contribution is -2.51. The van der Waals surface area contributed by atoms with Gasteiger partial charge >= 0.3 is 6.18 Å². The number of rotatable bonds is 22. The molecule has 0 radical (unpaired) electrons. The Kier molecular flexibility index (Phi) is 18.2. The fraction of sp³-hybridized carbons (Fsp3) is 0.569. The number of halogens is 5. The molecule has 23 heteroatoms. The lowest BCUT2D eigenvalue weighted by molar-refractivity contribution is -0.262. The van der Waals surface area contributed by atoms with E-state index in [9.17, 15) is 50.7 Å². The third-order valence-electron chi connectivity index (χ3n) is 14.6. The number of primary amides is 1. The molecular formula is C51H63F5N8O10. The summed E-state index contributed by atoms with van der Waals surface area (Å²) in [5, 5.41) is 8.57. The van der Waals surface area contributed by atoms with Crippen LogP contribution in [0.4, 0.5) is 27.6 Å². The minimum absolute atomic E-state index is 0.0141. The number of nitrogens with one attached hydrogen (secondary N) is 3. The summed E-state index contributed by atoms with van der Waals surface area (Å²) >= 11 is 0. The molecule has 0 unspecified atom stereocenters. The lowest BCUT2D eigenvalue weighted by Gasteiger charge is -2.35. The van der Waals surface area contributed by atoms with Crippen LogP contribution >= 0.6 is 0 Å². The van der Waals surface area contributed by atoms with Crippen molar-refractivity contribution in [3.8, 4) is 5.75 Å². The third kappa shape index (κ3) is 13.1. The van der Waals surface area contributed by atoms with Crippen molar-refractivity contribution >= 4 is 41.1 Å². The van der Waals surface area contributed by atoms with E-state index in [1.165, 1.54) is 6.07 Å². The van der Waals surface area contributed by atoms with Crippen molar-refractivity contribution in [3.05, 3.63) is 83.4 Å². The van der Waals surface area contributed by atoms with E-state index in [4.69, 9.17) is 24.7 Å². The van der Waals surface area contributed by atoms with Crippen molar-refractivity contribution in [1.82, 2.24) is 30.8 Å². The number of anilines is 1. The summed E-state index contributed by atoms with van der Waals surface area (Å²) in [5.41, 5.74) is 2.83. The molecular weight excluding hydrogens is 980 g/mol. The molecule has 0 bridgehead atoms. The highest BCUT2D eigenvalue weighted by Crippen LogP contribution is 2.52. The van der Waals surface area contributed by atoms with Gasteiger partial charge in [0.1, 0.15) is 11.8 Å². The van der Waals surface area contributed by atoms with Gasteiger partial charge in [-0.2, -0.15) is 17.6 Å². The second kappa shape index (κ2) is 24.3. The molecule has 5 N–H and O–H groups in total. The van der Waals surface area contributed by atoms with Gasteiger partial charge in [-0.3, -0.25) is 38.7 Å². The number of nitrogens with two attached hydrogens (primary N) is 1. The molecule has 5 atom stereocenters. The molecule has 2 saturated carbocycles. The number of amides is 6. The minimum Gasteiger partial charge on any atom is -0.493 e. The number of hydrogen-bond acceptors (Lipinski definition) is 12. The number of alkyl halides is 3. The smallest absolute Gasteiger partial charge is 0.417 e. The maximum absolute atomic E-state index is 14.9. The van der Waals surface area contributed by atoms with E-state index in [1.807, 2.05) is 6.07 Å². The molecule has 18 nitrogen and oxygen atoms in total. The van der Waals surface area contributed by atoms with Crippen LogP contribution in [0.15, 0.2) is 55.0 Å². The highest BCUT2D eigenvalue weighted by Gasteiger charge is 2.62. The third-order valence-corrected chi connectivity index (χ3v) is 14.6. The van der Waals surface area contributed by atoms with Gasteiger partial charge in [-0.25, -0.2) is 4.39 Å². The molecule has 74 heavy (non-hydrogen) atoms. The van der Waals surface area contributed by atoms with Gasteiger partial charge < -0.3 is 50.4 Å². The number of hydrogen-bond donors (Lipinski definition) is 4. The van der Waals surface area contributed by atoms with Crippen molar-refractivity contribution in [1.29, 1.82) is 0 Å². The minimum atomic E-state index is -4.99. The van der Waals surface area contributed by atoms with Crippen LogP contribution in [0.5, 0.6) is 5.75 Å². The SMILES string of the molecule is COc1c([C@@H]2C[C@](C)(C(F)(F)F)O[C@H]2C(=O)N(CCNC(=O)C2CC(NC(=O)CCOCC3CCC(COCCNC(=O)[C@H]4CC(=O)N(C)[C@@H]4c4cccnc4)CC3)C2)c2ccnc(C(N)=O)c2)ccc(F)c1F. The van der Waals surface area contributed by atoms with Crippen LogP contribution < -0.4 is 31.3 Å². The predicted octanol–water partition coefficient (Wildman–Crippen LogP) is 4.67. The Morgan fingerprint density at radius 3 is 2.28 bits per heavy atom. The highest BCUT2D eigenvalue weighted by molar-refractivity contribution is 5.99. The molecule has 7 rings (SSSR count). The normalized spacial score (nSPS) is 25.7. The monoisotopic (exact) mass is 1040 g/mol. The zero-order valence-corrected chi connectivity index (χ0v) is 41.5. The average molecular weight is 1040 g/mol. The first-order chi connectivity index (χ1) is 35.3. The summed E-state index contributed by atoms with van der Waals surface area (Å²) in [6, 6.07) is 7.23. The molecule has 2 saturated heterocycles. The first-order valence-corrected chi connectivity index (χ1v) is 24.8. The standard InChI is InChI=1S/C51H63F5N8O10/c1-50(51(54,55)56)25-37(35-10-11-38(52)42(53)44(35)71-3)45(74-50)49(70)64(34-12-15-59-39(23-34)46(57)67)18-16-60-47(68)32-21-33(22-32)62-40(65)13-19-72-27-29-6-8-30(9-7-29)28-73-20-17-61-48(69)36-24-41(66)63(2)43(36)31-5-4-14-58-26-31/h4-5,10-12,14-15,23,26,29-30,32-33,36-37,43,45H,6-9,13,16-22,24-25,27-28H2,1-3H3,(H2,57,67)(H,60,68)(H,61,69)(H,62,65)/t29?,30?,32?,33?,36-,37-,43+,45+,50+/m0/s1. The van der Waals surface area contributed by atoms with Crippen LogP contribution in [0.3, 0.4) is 0 Å².